The molecule has 16 heavy (non-hydrogen) atoms. The number of imidazole rings is 1. The second-order valence-electron chi connectivity index (χ2n) is 4.06. The van der Waals surface area contributed by atoms with Crippen LogP contribution in [0.3, 0.4) is 0 Å². The summed E-state index contributed by atoms with van der Waals surface area (Å²) >= 11 is 0. The van der Waals surface area contributed by atoms with Crippen LogP contribution in [0.5, 0.6) is 0 Å². The molecule has 0 saturated heterocycles. The molecule has 1 N–H and O–H groups in total. The summed E-state index contributed by atoms with van der Waals surface area (Å²) in [5.74, 6) is -0.108. The number of carboxylic acid groups (broad SMARTS) is 1. The molecule has 0 radical (unpaired) electrons. The molecule has 0 saturated carbocycles. The standard InChI is InChI=1S/C12H14N2O2/c1-7-4-10-11(5-8(7)2)14(6-12(15)16)9(3)13-10/h4-5H,6H2,1-3H3,(H,15,16). The maximum absolute atomic E-state index is 10.8. The van der Waals surface area contributed by atoms with Crippen LogP contribution in [0, 0.1) is 20.8 Å². The Bertz CT molecular complexity index is 570. The molecule has 2 aromatic rings. The molecular formula is C12H14N2O2. The molecule has 0 aliphatic heterocycles. The Balaban J connectivity index is 2.68. The molecule has 4 heteroatoms. The second kappa shape index (κ2) is 3.63. The van der Waals surface area contributed by atoms with Crippen molar-refractivity contribution < 1.29 is 9.90 Å². The van der Waals surface area contributed by atoms with Gasteiger partial charge in [-0.05, 0) is 44.0 Å². The second-order valence-corrected chi connectivity index (χ2v) is 4.06. The Kier molecular flexibility index (Phi) is 2.42. The Morgan fingerprint density at radius 1 is 1.31 bits per heavy atom. The predicted molar refractivity (Wildman–Crippen MR) is 61.6 cm³/mol. The summed E-state index contributed by atoms with van der Waals surface area (Å²) < 4.78 is 1.73. The van der Waals surface area contributed by atoms with Crippen molar-refractivity contribution in [2.75, 3.05) is 0 Å². The fourth-order valence-corrected chi connectivity index (χ4v) is 1.84. The monoisotopic (exact) mass is 218 g/mol. The first-order valence-corrected chi connectivity index (χ1v) is 5.15. The number of hydrogen-bond acceptors (Lipinski definition) is 2. The first-order chi connectivity index (χ1) is 7.49. The largest absolute Gasteiger partial charge is 0.480 e. The zero-order chi connectivity index (χ0) is 11.9. The third-order valence-electron chi connectivity index (χ3n) is 2.85. The molecule has 1 aromatic heterocycles. The minimum atomic E-state index is -0.847. The highest BCUT2D eigenvalue weighted by molar-refractivity contribution is 5.80. The number of carboxylic acids is 1. The van der Waals surface area contributed by atoms with Crippen LogP contribution in [0.25, 0.3) is 11.0 Å². The third-order valence-corrected chi connectivity index (χ3v) is 2.85. The molecule has 0 unspecified atom stereocenters. The van der Waals surface area contributed by atoms with E-state index in [0.29, 0.717) is 0 Å². The van der Waals surface area contributed by atoms with Crippen molar-refractivity contribution in [3.05, 3.63) is 29.1 Å². The van der Waals surface area contributed by atoms with Crippen LogP contribution in [-0.2, 0) is 11.3 Å². The molecule has 0 atom stereocenters. The van der Waals surface area contributed by atoms with E-state index in [1.54, 1.807) is 4.57 Å². The van der Waals surface area contributed by atoms with E-state index in [1.807, 2.05) is 32.9 Å². The molecule has 4 nitrogen and oxygen atoms in total. The van der Waals surface area contributed by atoms with Gasteiger partial charge in [-0.25, -0.2) is 4.98 Å². The Morgan fingerprint density at radius 2 is 1.94 bits per heavy atom. The lowest BCUT2D eigenvalue weighted by Crippen LogP contribution is -2.10. The van der Waals surface area contributed by atoms with Crippen LogP contribution in [0.2, 0.25) is 0 Å². The highest BCUT2D eigenvalue weighted by Crippen LogP contribution is 2.20. The number of hydrogen-bond donors (Lipinski definition) is 1. The number of benzene rings is 1. The zero-order valence-corrected chi connectivity index (χ0v) is 9.61. The fourth-order valence-electron chi connectivity index (χ4n) is 1.84. The number of aryl methyl sites for hydroxylation is 3. The van der Waals surface area contributed by atoms with Gasteiger partial charge in [0.1, 0.15) is 12.4 Å². The summed E-state index contributed by atoms with van der Waals surface area (Å²) in [4.78, 5) is 15.1. The average molecular weight is 218 g/mol. The van der Waals surface area contributed by atoms with Gasteiger partial charge in [0.05, 0.1) is 11.0 Å². The molecule has 0 aliphatic carbocycles. The van der Waals surface area contributed by atoms with Gasteiger partial charge in [0.2, 0.25) is 0 Å². The molecule has 1 aromatic carbocycles. The van der Waals surface area contributed by atoms with Crippen molar-refractivity contribution in [2.24, 2.45) is 0 Å². The topological polar surface area (TPSA) is 55.1 Å². The van der Waals surface area contributed by atoms with E-state index in [4.69, 9.17) is 5.11 Å². The van der Waals surface area contributed by atoms with E-state index in [-0.39, 0.29) is 6.54 Å². The molecule has 2 rings (SSSR count). The highest BCUT2D eigenvalue weighted by Gasteiger charge is 2.11. The molecule has 0 aliphatic rings. The van der Waals surface area contributed by atoms with E-state index < -0.39 is 5.97 Å². The van der Waals surface area contributed by atoms with E-state index >= 15 is 0 Å². The number of aliphatic carboxylic acids is 1. The van der Waals surface area contributed by atoms with Crippen molar-refractivity contribution in [2.45, 2.75) is 27.3 Å². The van der Waals surface area contributed by atoms with E-state index in [1.165, 1.54) is 5.56 Å². The van der Waals surface area contributed by atoms with Crippen molar-refractivity contribution in [1.29, 1.82) is 0 Å². The average Bonchev–Trinajstić information content (AvgIpc) is 2.45. The highest BCUT2D eigenvalue weighted by atomic mass is 16.4. The van der Waals surface area contributed by atoms with Gasteiger partial charge in [-0.15, -0.1) is 0 Å². The molecule has 0 fully saturated rings. The summed E-state index contributed by atoms with van der Waals surface area (Å²) in [7, 11) is 0. The summed E-state index contributed by atoms with van der Waals surface area (Å²) in [5, 5.41) is 8.84. The van der Waals surface area contributed by atoms with Gasteiger partial charge in [-0.3, -0.25) is 4.79 Å². The maximum Gasteiger partial charge on any atom is 0.323 e. The predicted octanol–water partition coefficient (Wildman–Crippen LogP) is 2.05. The minimum Gasteiger partial charge on any atom is -0.480 e. The molecule has 0 amide bonds. The van der Waals surface area contributed by atoms with Crippen LogP contribution in [0.1, 0.15) is 17.0 Å². The molecule has 0 spiro atoms. The van der Waals surface area contributed by atoms with E-state index in [9.17, 15) is 4.79 Å². The van der Waals surface area contributed by atoms with Crippen molar-refractivity contribution in [3.63, 3.8) is 0 Å². The van der Waals surface area contributed by atoms with Gasteiger partial charge in [-0.1, -0.05) is 0 Å². The first kappa shape index (κ1) is 10.7. The van der Waals surface area contributed by atoms with Crippen LogP contribution < -0.4 is 0 Å². The van der Waals surface area contributed by atoms with Crippen LogP contribution in [-0.4, -0.2) is 20.6 Å². The summed E-state index contributed by atoms with van der Waals surface area (Å²) in [6, 6.07) is 3.99. The Labute approximate surface area is 93.5 Å². The van der Waals surface area contributed by atoms with Gasteiger partial charge in [-0.2, -0.15) is 0 Å². The van der Waals surface area contributed by atoms with Crippen LogP contribution >= 0.6 is 0 Å². The third kappa shape index (κ3) is 1.66. The molecule has 0 bridgehead atoms. The fraction of sp³-hybridized carbons (Fsp3) is 0.333. The maximum atomic E-state index is 10.8. The quantitative estimate of drug-likeness (QED) is 0.839. The lowest BCUT2D eigenvalue weighted by molar-refractivity contribution is -0.137. The summed E-state index contributed by atoms with van der Waals surface area (Å²) in [5.41, 5.74) is 4.08. The Hall–Kier alpha value is -1.84. The summed E-state index contributed by atoms with van der Waals surface area (Å²) in [6.45, 7) is 5.83. The van der Waals surface area contributed by atoms with Crippen molar-refractivity contribution >= 4 is 17.0 Å². The van der Waals surface area contributed by atoms with Crippen LogP contribution in [0.15, 0.2) is 12.1 Å². The number of carbonyl (C=O) groups is 1. The van der Waals surface area contributed by atoms with Gasteiger partial charge >= 0.3 is 5.97 Å². The van der Waals surface area contributed by atoms with Crippen molar-refractivity contribution in [3.8, 4) is 0 Å². The summed E-state index contributed by atoms with van der Waals surface area (Å²) in [6.07, 6.45) is 0. The molecular weight excluding hydrogens is 204 g/mol. The smallest absolute Gasteiger partial charge is 0.323 e. The number of rotatable bonds is 2. The van der Waals surface area contributed by atoms with Gasteiger partial charge < -0.3 is 9.67 Å². The lowest BCUT2D eigenvalue weighted by Gasteiger charge is -2.04. The normalized spacial score (nSPS) is 10.9. The SMILES string of the molecule is Cc1cc2nc(C)n(CC(=O)O)c2cc1C. The first-order valence-electron chi connectivity index (χ1n) is 5.15. The van der Waals surface area contributed by atoms with Gasteiger partial charge in [0.15, 0.2) is 0 Å². The van der Waals surface area contributed by atoms with Gasteiger partial charge in [0.25, 0.3) is 0 Å². The van der Waals surface area contributed by atoms with E-state index in [0.717, 1.165) is 22.4 Å². The zero-order valence-electron chi connectivity index (χ0n) is 9.61. The lowest BCUT2D eigenvalue weighted by atomic mass is 10.1. The van der Waals surface area contributed by atoms with E-state index in [2.05, 4.69) is 4.98 Å². The van der Waals surface area contributed by atoms with Gasteiger partial charge in [0, 0.05) is 0 Å². The number of nitrogens with zero attached hydrogens (tertiary/aromatic N) is 2. The Morgan fingerprint density at radius 3 is 2.56 bits per heavy atom. The number of aromatic nitrogens is 2. The molecule has 84 valence electrons. The molecule has 1 heterocycles. The minimum absolute atomic E-state index is 0.0369. The van der Waals surface area contributed by atoms with Crippen LogP contribution in [0.4, 0.5) is 0 Å². The van der Waals surface area contributed by atoms with Crippen molar-refractivity contribution in [1.82, 2.24) is 9.55 Å². The number of fused-ring (bicyclic) bond motifs is 1.